The Hall–Kier alpha value is 1.18. The first-order valence-corrected chi connectivity index (χ1v) is 6.78. The molecule has 8 nitrogen and oxygen atoms in total. The average Bonchev–Trinajstić information content (AvgIpc) is 1.12. The molecule has 0 atom stereocenters. The van der Waals surface area contributed by atoms with Crippen molar-refractivity contribution in [2.45, 2.75) is 0 Å². The van der Waals surface area contributed by atoms with Crippen LogP contribution >= 0.6 is 0 Å². The molecule has 0 heterocycles. The summed E-state index contributed by atoms with van der Waals surface area (Å²) < 4.78 is 63.6. The summed E-state index contributed by atoms with van der Waals surface area (Å²) in [5.41, 5.74) is 0. The normalized spacial score (nSPS) is 10.5. The molecule has 11 heteroatoms. The molecule has 0 spiro atoms. The van der Waals surface area contributed by atoms with Gasteiger partial charge in [0, 0.05) is 0 Å². The van der Waals surface area contributed by atoms with Crippen LogP contribution in [0.1, 0.15) is 0 Å². The molecular weight excluding hydrogens is 311 g/mol. The van der Waals surface area contributed by atoms with Crippen molar-refractivity contribution in [3.63, 3.8) is 0 Å². The molecule has 0 amide bonds. The fourth-order valence-electron chi connectivity index (χ4n) is 0. The van der Waals surface area contributed by atoms with E-state index in [1.807, 2.05) is 0 Å². The van der Waals surface area contributed by atoms with Crippen LogP contribution in [0.3, 0.4) is 0 Å². The predicted octanol–water partition coefficient (Wildman–Crippen LogP) is -3.03. The molecular formula is H5NaO8STe. The Morgan fingerprint density at radius 2 is 1.00 bits per heavy atom. The molecule has 0 fully saturated rings. The van der Waals surface area contributed by atoms with Crippen LogP contribution in [0.5, 0.6) is 0 Å². The molecule has 11 heavy (non-hydrogen) atoms. The van der Waals surface area contributed by atoms with Crippen LogP contribution in [0, 0.1) is 0 Å². The Balaban J connectivity index is -0.000000107. The van der Waals surface area contributed by atoms with Crippen molar-refractivity contribution >= 4 is 58.9 Å². The Morgan fingerprint density at radius 1 is 1.00 bits per heavy atom. The SMILES string of the molecule is O=S(=O)(O)O.O=[Te](=O)(O)O.[NaH]. The summed E-state index contributed by atoms with van der Waals surface area (Å²) in [6.45, 7) is 0. The van der Waals surface area contributed by atoms with E-state index in [0.29, 0.717) is 0 Å². The Morgan fingerprint density at radius 3 is 1.00 bits per heavy atom. The van der Waals surface area contributed by atoms with E-state index in [4.69, 9.17) is 30.7 Å². The quantitative estimate of drug-likeness (QED) is 0.272. The van der Waals surface area contributed by atoms with Gasteiger partial charge < -0.3 is 0 Å². The zero-order valence-corrected chi connectivity index (χ0v) is 7.39. The van der Waals surface area contributed by atoms with Crippen LogP contribution < -0.4 is 0 Å². The summed E-state index contributed by atoms with van der Waals surface area (Å²) in [7, 11) is -4.67. The third-order valence-corrected chi connectivity index (χ3v) is 0. The first-order valence-electron chi connectivity index (χ1n) is 1.40. The van der Waals surface area contributed by atoms with Crippen LogP contribution in [0.15, 0.2) is 0 Å². The second-order valence-electron chi connectivity index (χ2n) is 0.896. The fourth-order valence-corrected chi connectivity index (χ4v) is 0. The van der Waals surface area contributed by atoms with Gasteiger partial charge >= 0.3 is 72.1 Å². The van der Waals surface area contributed by atoms with Crippen molar-refractivity contribution in [2.75, 3.05) is 0 Å². The van der Waals surface area contributed by atoms with Crippen molar-refractivity contribution in [1.82, 2.24) is 0 Å². The van der Waals surface area contributed by atoms with Gasteiger partial charge in [0.25, 0.3) is 0 Å². The molecule has 0 unspecified atom stereocenters. The standard InChI is InChI=1S/Na.H2O4S.H2O4Te.H/c;2*1-5(2,3)4;/h;2*(H2,1,2,3,4);. The van der Waals surface area contributed by atoms with Gasteiger partial charge in [-0.05, 0) is 0 Å². The predicted molar refractivity (Wildman–Crippen MR) is 32.9 cm³/mol. The van der Waals surface area contributed by atoms with Crippen molar-refractivity contribution in [2.24, 2.45) is 0 Å². The third kappa shape index (κ3) is 677. The Kier molecular flexibility index (Phi) is 11.0. The molecule has 0 saturated heterocycles. The van der Waals surface area contributed by atoms with Crippen LogP contribution in [0.2, 0.25) is 0 Å². The fraction of sp³-hybridized carbons (Fsp3) is 0. The van der Waals surface area contributed by atoms with E-state index in [0.717, 1.165) is 0 Å². The van der Waals surface area contributed by atoms with Gasteiger partial charge in [0.2, 0.25) is 0 Å². The maximum atomic E-state index is 8.85. The molecule has 0 bridgehead atoms. The van der Waals surface area contributed by atoms with E-state index < -0.39 is 29.4 Å². The van der Waals surface area contributed by atoms with E-state index in [9.17, 15) is 0 Å². The number of hydrogen-bond donors (Lipinski definition) is 4. The summed E-state index contributed by atoms with van der Waals surface area (Å²) in [6, 6.07) is 0. The molecule has 0 aliphatic carbocycles. The van der Waals surface area contributed by atoms with E-state index in [1.54, 1.807) is 0 Å². The molecule has 0 saturated carbocycles. The van der Waals surface area contributed by atoms with Gasteiger partial charge in [-0.1, -0.05) is 0 Å². The Bertz CT molecular complexity index is 210. The maximum absolute atomic E-state index is 8.85. The third-order valence-electron chi connectivity index (χ3n) is 0. The van der Waals surface area contributed by atoms with Crippen LogP contribution in [-0.2, 0) is 16.6 Å². The summed E-state index contributed by atoms with van der Waals surface area (Å²) in [5.74, 6) is 0. The van der Waals surface area contributed by atoms with Crippen molar-refractivity contribution in [3.05, 3.63) is 0 Å². The zero-order chi connectivity index (χ0) is 9.00. The van der Waals surface area contributed by atoms with Gasteiger partial charge in [0.1, 0.15) is 0 Å². The van der Waals surface area contributed by atoms with Crippen molar-refractivity contribution < 1.29 is 30.7 Å². The van der Waals surface area contributed by atoms with E-state index in [1.165, 1.54) is 0 Å². The number of rotatable bonds is 0. The summed E-state index contributed by atoms with van der Waals surface area (Å²) in [6.07, 6.45) is 0. The van der Waals surface area contributed by atoms with Crippen LogP contribution in [0.25, 0.3) is 0 Å². The molecule has 66 valence electrons. The second-order valence-corrected chi connectivity index (χ2v) is 4.35. The van der Waals surface area contributed by atoms with E-state index >= 15 is 0 Å². The average molecular weight is 316 g/mol. The van der Waals surface area contributed by atoms with Crippen LogP contribution in [0.4, 0.5) is 0 Å². The number of hydrogen-bond acceptors (Lipinski definition) is 4. The summed E-state index contributed by atoms with van der Waals surface area (Å²) in [4.78, 5) is 0. The van der Waals surface area contributed by atoms with Gasteiger partial charge in [-0.25, -0.2) is 0 Å². The molecule has 0 aromatic heterocycles. The van der Waals surface area contributed by atoms with Gasteiger partial charge in [0.15, 0.2) is 0 Å². The Labute approximate surface area is 88.7 Å². The molecule has 0 radical (unpaired) electrons. The van der Waals surface area contributed by atoms with Crippen molar-refractivity contribution in [1.29, 1.82) is 0 Å². The monoisotopic (exact) mass is 318 g/mol. The molecule has 0 aliphatic rings. The summed E-state index contributed by atoms with van der Waals surface area (Å²) in [5, 5.41) is 0. The second kappa shape index (κ2) is 6.67. The molecule has 0 aliphatic heterocycles. The molecule has 0 rings (SSSR count). The van der Waals surface area contributed by atoms with E-state index in [2.05, 4.69) is 0 Å². The van der Waals surface area contributed by atoms with Crippen LogP contribution in [-0.4, -0.2) is 73.0 Å². The molecule has 0 aromatic rings. The van der Waals surface area contributed by atoms with Gasteiger partial charge in [0.05, 0.1) is 0 Å². The molecule has 0 aromatic carbocycles. The van der Waals surface area contributed by atoms with Gasteiger partial charge in [-0.3, -0.25) is 9.11 Å². The van der Waals surface area contributed by atoms with Gasteiger partial charge in [-0.15, -0.1) is 0 Å². The van der Waals surface area contributed by atoms with Crippen molar-refractivity contribution in [3.8, 4) is 0 Å². The molecule has 4 N–H and O–H groups in total. The first kappa shape index (κ1) is 18.1. The first-order chi connectivity index (χ1) is 4.00. The van der Waals surface area contributed by atoms with E-state index in [-0.39, 0.29) is 29.6 Å². The minimum atomic E-state index is -5.52. The van der Waals surface area contributed by atoms with Gasteiger partial charge in [-0.2, -0.15) is 8.42 Å². The minimum absolute atomic E-state index is 0. The summed E-state index contributed by atoms with van der Waals surface area (Å²) >= 11 is -5.52. The zero-order valence-electron chi connectivity index (χ0n) is 4.24. The topological polar surface area (TPSA) is 149 Å².